The highest BCUT2D eigenvalue weighted by Gasteiger charge is 2.30. The zero-order valence-corrected chi connectivity index (χ0v) is 16.3. The fourth-order valence-electron chi connectivity index (χ4n) is 4.06. The molecule has 0 N–H and O–H groups in total. The van der Waals surface area contributed by atoms with Gasteiger partial charge in [0.1, 0.15) is 5.78 Å². The summed E-state index contributed by atoms with van der Waals surface area (Å²) in [5.74, 6) is 0.268. The molecule has 28 heavy (non-hydrogen) atoms. The highest BCUT2D eigenvalue weighted by Crippen LogP contribution is 2.35. The molecule has 142 valence electrons. The van der Waals surface area contributed by atoms with E-state index < -0.39 is 0 Å². The van der Waals surface area contributed by atoms with E-state index in [0.717, 1.165) is 18.4 Å². The van der Waals surface area contributed by atoms with Crippen LogP contribution in [0.25, 0.3) is 11.1 Å². The Balaban J connectivity index is 1.30. The Labute approximate surface area is 167 Å². The Morgan fingerprint density at radius 2 is 1.61 bits per heavy atom. The molecule has 0 radical (unpaired) electrons. The topological polar surface area (TPSA) is 26.3 Å². The first kappa shape index (κ1) is 18.6. The number of benzene rings is 3. The van der Waals surface area contributed by atoms with Crippen LogP contribution >= 0.6 is 0 Å². The van der Waals surface area contributed by atoms with Crippen molar-refractivity contribution in [3.63, 3.8) is 0 Å². The molecule has 2 heteroatoms. The van der Waals surface area contributed by atoms with Crippen molar-refractivity contribution in [2.75, 3.05) is 6.61 Å². The molecule has 3 aromatic rings. The summed E-state index contributed by atoms with van der Waals surface area (Å²) in [6.45, 7) is 2.99. The second kappa shape index (κ2) is 8.53. The first-order valence-corrected chi connectivity index (χ1v) is 10.1. The van der Waals surface area contributed by atoms with Crippen LogP contribution in [0.4, 0.5) is 0 Å². The summed E-state index contributed by atoms with van der Waals surface area (Å²) in [7, 11) is 0. The molecule has 3 aromatic carbocycles. The molecule has 0 fully saturated rings. The van der Waals surface area contributed by atoms with E-state index in [-0.39, 0.29) is 11.8 Å². The number of hydrogen-bond acceptors (Lipinski definition) is 2. The molecule has 2 atom stereocenters. The molecule has 0 amide bonds. The second-order valence-corrected chi connectivity index (χ2v) is 7.67. The number of rotatable bonds is 7. The van der Waals surface area contributed by atoms with Crippen LogP contribution in [-0.2, 0) is 22.6 Å². The van der Waals surface area contributed by atoms with Gasteiger partial charge in [-0.2, -0.15) is 0 Å². The minimum absolute atomic E-state index is 0.0416. The molecule has 2 nitrogen and oxygen atoms in total. The van der Waals surface area contributed by atoms with Crippen molar-refractivity contribution in [1.82, 2.24) is 0 Å². The van der Waals surface area contributed by atoms with E-state index in [9.17, 15) is 4.79 Å². The summed E-state index contributed by atoms with van der Waals surface area (Å²) in [5.41, 5.74) is 6.09. The van der Waals surface area contributed by atoms with E-state index >= 15 is 0 Å². The number of carbonyl (C=O) groups is 1. The van der Waals surface area contributed by atoms with Crippen molar-refractivity contribution in [2.24, 2.45) is 5.92 Å². The highest BCUT2D eigenvalue weighted by atomic mass is 16.5. The Morgan fingerprint density at radius 3 is 2.39 bits per heavy atom. The minimum Gasteiger partial charge on any atom is -0.376 e. The maximum Gasteiger partial charge on any atom is 0.145 e. The quantitative estimate of drug-likeness (QED) is 0.525. The van der Waals surface area contributed by atoms with Crippen molar-refractivity contribution >= 4 is 5.78 Å². The standard InChI is InChI=1S/C26H26O2/c1-19(26(27)25-16-15-23-9-5-6-10-24(23)25)17-28-18-20-11-13-22(14-12-20)21-7-3-2-4-8-21/h2-14,19,25H,15-18H2,1H3. The molecule has 0 saturated heterocycles. The number of Topliss-reactive ketones (excluding diaryl/α,β-unsaturated/α-hetero) is 1. The maximum atomic E-state index is 12.9. The van der Waals surface area contributed by atoms with E-state index in [4.69, 9.17) is 4.74 Å². The summed E-state index contributed by atoms with van der Waals surface area (Å²) in [5, 5.41) is 0. The highest BCUT2D eigenvalue weighted by molar-refractivity contribution is 5.88. The molecule has 0 aliphatic heterocycles. The number of aryl methyl sites for hydroxylation is 1. The Hall–Kier alpha value is -2.71. The molecule has 0 spiro atoms. The molecule has 2 unspecified atom stereocenters. The predicted octanol–water partition coefficient (Wildman–Crippen LogP) is 5.81. The van der Waals surface area contributed by atoms with Gasteiger partial charge in [-0.15, -0.1) is 0 Å². The van der Waals surface area contributed by atoms with Crippen molar-refractivity contribution in [2.45, 2.75) is 32.3 Å². The van der Waals surface area contributed by atoms with Gasteiger partial charge in [0.25, 0.3) is 0 Å². The monoisotopic (exact) mass is 370 g/mol. The van der Waals surface area contributed by atoms with E-state index in [2.05, 4.69) is 54.6 Å². The Bertz CT molecular complexity index is 928. The van der Waals surface area contributed by atoms with E-state index in [0.29, 0.717) is 19.0 Å². The van der Waals surface area contributed by atoms with Gasteiger partial charge in [0, 0.05) is 11.8 Å². The van der Waals surface area contributed by atoms with E-state index in [1.807, 2.05) is 31.2 Å². The molecule has 0 aromatic heterocycles. The van der Waals surface area contributed by atoms with Gasteiger partial charge >= 0.3 is 0 Å². The molecular formula is C26H26O2. The van der Waals surface area contributed by atoms with Gasteiger partial charge in [-0.25, -0.2) is 0 Å². The van der Waals surface area contributed by atoms with Crippen LogP contribution in [-0.4, -0.2) is 12.4 Å². The van der Waals surface area contributed by atoms with Gasteiger partial charge in [0.15, 0.2) is 0 Å². The van der Waals surface area contributed by atoms with Crippen LogP contribution < -0.4 is 0 Å². The summed E-state index contributed by atoms with van der Waals surface area (Å²) >= 11 is 0. The van der Waals surface area contributed by atoms with Gasteiger partial charge in [0.2, 0.25) is 0 Å². The van der Waals surface area contributed by atoms with Crippen molar-refractivity contribution < 1.29 is 9.53 Å². The Morgan fingerprint density at radius 1 is 0.929 bits per heavy atom. The molecule has 0 bridgehead atoms. The van der Waals surface area contributed by atoms with Crippen molar-refractivity contribution in [3.05, 3.63) is 95.6 Å². The number of carbonyl (C=O) groups excluding carboxylic acids is 1. The van der Waals surface area contributed by atoms with Gasteiger partial charge < -0.3 is 4.74 Å². The summed E-state index contributed by atoms with van der Waals surface area (Å²) in [6.07, 6.45) is 1.94. The fourth-order valence-corrected chi connectivity index (χ4v) is 4.06. The largest absolute Gasteiger partial charge is 0.376 e. The van der Waals surface area contributed by atoms with E-state index in [1.54, 1.807) is 0 Å². The van der Waals surface area contributed by atoms with Crippen LogP contribution in [0.1, 0.15) is 36.0 Å². The predicted molar refractivity (Wildman–Crippen MR) is 113 cm³/mol. The van der Waals surface area contributed by atoms with Crippen LogP contribution in [0.3, 0.4) is 0 Å². The lowest BCUT2D eigenvalue weighted by Gasteiger charge is -2.17. The van der Waals surface area contributed by atoms with Crippen molar-refractivity contribution in [1.29, 1.82) is 0 Å². The molecule has 1 aliphatic carbocycles. The number of hydrogen-bond donors (Lipinski definition) is 0. The Kier molecular flexibility index (Phi) is 5.68. The first-order chi connectivity index (χ1) is 13.7. The minimum atomic E-state index is -0.0836. The fraction of sp³-hybridized carbons (Fsp3) is 0.269. The van der Waals surface area contributed by atoms with Crippen LogP contribution in [0.15, 0.2) is 78.9 Å². The number of fused-ring (bicyclic) bond motifs is 1. The van der Waals surface area contributed by atoms with Gasteiger partial charge in [-0.3, -0.25) is 4.79 Å². The van der Waals surface area contributed by atoms with Gasteiger partial charge in [-0.05, 0) is 40.7 Å². The summed E-state index contributed by atoms with van der Waals surface area (Å²) in [4.78, 5) is 12.9. The molecule has 0 saturated carbocycles. The lowest BCUT2D eigenvalue weighted by atomic mass is 9.90. The summed E-state index contributed by atoms with van der Waals surface area (Å²) < 4.78 is 5.87. The van der Waals surface area contributed by atoms with E-state index in [1.165, 1.54) is 22.3 Å². The SMILES string of the molecule is CC(COCc1ccc(-c2ccccc2)cc1)C(=O)C1CCc2ccccc21. The normalized spacial score (nSPS) is 16.5. The van der Waals surface area contributed by atoms with Gasteiger partial charge in [0.05, 0.1) is 13.2 Å². The maximum absolute atomic E-state index is 12.9. The first-order valence-electron chi connectivity index (χ1n) is 10.1. The van der Waals surface area contributed by atoms with Crippen molar-refractivity contribution in [3.8, 4) is 11.1 Å². The third-order valence-electron chi connectivity index (χ3n) is 5.66. The summed E-state index contributed by atoms with van der Waals surface area (Å²) in [6, 6.07) is 27.1. The van der Waals surface area contributed by atoms with Crippen LogP contribution in [0, 0.1) is 5.92 Å². The zero-order valence-electron chi connectivity index (χ0n) is 16.3. The lowest BCUT2D eigenvalue weighted by Crippen LogP contribution is -2.22. The zero-order chi connectivity index (χ0) is 19.3. The molecule has 1 aliphatic rings. The average molecular weight is 370 g/mol. The molecular weight excluding hydrogens is 344 g/mol. The third kappa shape index (κ3) is 4.07. The smallest absolute Gasteiger partial charge is 0.145 e. The van der Waals surface area contributed by atoms with Gasteiger partial charge in [-0.1, -0.05) is 85.8 Å². The number of ketones is 1. The van der Waals surface area contributed by atoms with Crippen LogP contribution in [0.2, 0.25) is 0 Å². The number of ether oxygens (including phenoxy) is 1. The molecule has 0 heterocycles. The lowest BCUT2D eigenvalue weighted by molar-refractivity contribution is -0.125. The van der Waals surface area contributed by atoms with Crippen LogP contribution in [0.5, 0.6) is 0 Å². The third-order valence-corrected chi connectivity index (χ3v) is 5.66. The molecule has 4 rings (SSSR count). The average Bonchev–Trinajstić information content (AvgIpc) is 3.18. The second-order valence-electron chi connectivity index (χ2n) is 7.67.